The molecule has 1 rings (SSSR count). The van der Waals surface area contributed by atoms with Gasteiger partial charge in [0.15, 0.2) is 0 Å². The molecule has 0 aromatic carbocycles. The molecule has 0 aromatic rings. The number of rotatable bonds is 8. The van der Waals surface area contributed by atoms with Gasteiger partial charge in [0.25, 0.3) is 0 Å². The minimum absolute atomic E-state index is 0.572. The predicted octanol–water partition coefficient (Wildman–Crippen LogP) is 2.56. The van der Waals surface area contributed by atoms with Gasteiger partial charge in [0.1, 0.15) is 0 Å². The van der Waals surface area contributed by atoms with E-state index in [1.165, 1.54) is 38.5 Å². The van der Waals surface area contributed by atoms with Crippen LogP contribution in [0, 0.1) is 5.92 Å². The average molecular weight is 269 g/mol. The molecule has 3 heteroatoms. The third kappa shape index (κ3) is 5.80. The number of hydrogen-bond acceptors (Lipinski definition) is 3. The molecule has 2 unspecified atom stereocenters. The molecule has 2 N–H and O–H groups in total. The Balaban J connectivity index is 2.53. The Morgan fingerprint density at radius 2 is 1.79 bits per heavy atom. The molecule has 0 aliphatic heterocycles. The summed E-state index contributed by atoms with van der Waals surface area (Å²) in [6, 6.07) is 1.17. The van der Waals surface area contributed by atoms with Crippen LogP contribution < -0.4 is 5.73 Å². The standard InChI is InChI=1S/C16H35N3/c1-5-19(14(2)13-18(3)4)16(12-17)11-15-9-7-6-8-10-15/h14-16H,5-13,17H2,1-4H3. The fraction of sp³-hybridized carbons (Fsp3) is 1.00. The summed E-state index contributed by atoms with van der Waals surface area (Å²) in [6.45, 7) is 7.66. The first kappa shape index (κ1) is 16.9. The van der Waals surface area contributed by atoms with Gasteiger partial charge >= 0.3 is 0 Å². The third-order valence-corrected chi connectivity index (χ3v) is 4.63. The molecule has 0 bridgehead atoms. The lowest BCUT2D eigenvalue weighted by Gasteiger charge is -2.38. The fourth-order valence-electron chi connectivity index (χ4n) is 3.74. The maximum Gasteiger partial charge on any atom is 0.0224 e. The summed E-state index contributed by atoms with van der Waals surface area (Å²) in [5.41, 5.74) is 6.08. The van der Waals surface area contributed by atoms with Crippen molar-refractivity contribution in [3.63, 3.8) is 0 Å². The quantitative estimate of drug-likeness (QED) is 0.735. The fourth-order valence-corrected chi connectivity index (χ4v) is 3.74. The molecule has 1 fully saturated rings. The minimum Gasteiger partial charge on any atom is -0.329 e. The van der Waals surface area contributed by atoms with Crippen LogP contribution >= 0.6 is 0 Å². The van der Waals surface area contributed by atoms with Crippen LogP contribution in [0.3, 0.4) is 0 Å². The summed E-state index contributed by atoms with van der Waals surface area (Å²) in [4.78, 5) is 4.90. The molecule has 0 saturated heterocycles. The zero-order valence-corrected chi connectivity index (χ0v) is 13.6. The molecule has 19 heavy (non-hydrogen) atoms. The maximum absolute atomic E-state index is 6.08. The number of hydrogen-bond donors (Lipinski definition) is 1. The number of likely N-dealkylation sites (N-methyl/N-ethyl adjacent to an activating group) is 2. The summed E-state index contributed by atoms with van der Waals surface area (Å²) < 4.78 is 0. The average Bonchev–Trinajstić information content (AvgIpc) is 2.38. The van der Waals surface area contributed by atoms with Gasteiger partial charge in [0.2, 0.25) is 0 Å². The Morgan fingerprint density at radius 3 is 2.26 bits per heavy atom. The molecular weight excluding hydrogens is 234 g/mol. The van der Waals surface area contributed by atoms with E-state index in [4.69, 9.17) is 5.73 Å². The lowest BCUT2D eigenvalue weighted by atomic mass is 9.84. The third-order valence-electron chi connectivity index (χ3n) is 4.63. The van der Waals surface area contributed by atoms with Crippen molar-refractivity contribution in [3.8, 4) is 0 Å². The minimum atomic E-state index is 0.572. The lowest BCUT2D eigenvalue weighted by molar-refractivity contribution is 0.107. The zero-order valence-electron chi connectivity index (χ0n) is 13.6. The van der Waals surface area contributed by atoms with E-state index in [9.17, 15) is 0 Å². The zero-order chi connectivity index (χ0) is 14.3. The number of nitrogens with two attached hydrogens (primary N) is 1. The highest BCUT2D eigenvalue weighted by atomic mass is 15.2. The highest BCUT2D eigenvalue weighted by molar-refractivity contribution is 4.81. The van der Waals surface area contributed by atoms with Gasteiger partial charge in [0.05, 0.1) is 0 Å². The van der Waals surface area contributed by atoms with Crippen LogP contribution in [0.15, 0.2) is 0 Å². The van der Waals surface area contributed by atoms with Crippen molar-refractivity contribution in [2.45, 2.75) is 64.5 Å². The van der Waals surface area contributed by atoms with Crippen LogP contribution in [0.4, 0.5) is 0 Å². The van der Waals surface area contributed by atoms with Crippen LogP contribution in [-0.2, 0) is 0 Å². The lowest BCUT2D eigenvalue weighted by Crippen LogP contribution is -2.49. The summed E-state index contributed by atoms with van der Waals surface area (Å²) >= 11 is 0. The van der Waals surface area contributed by atoms with Gasteiger partial charge in [-0.05, 0) is 39.9 Å². The molecule has 0 radical (unpaired) electrons. The van der Waals surface area contributed by atoms with Crippen LogP contribution in [-0.4, -0.2) is 55.6 Å². The van der Waals surface area contributed by atoms with E-state index in [2.05, 4.69) is 37.7 Å². The first-order chi connectivity index (χ1) is 9.08. The monoisotopic (exact) mass is 269 g/mol. The SMILES string of the molecule is CCN(C(C)CN(C)C)C(CN)CC1CCCCC1. The van der Waals surface area contributed by atoms with Crippen molar-refractivity contribution in [2.24, 2.45) is 11.7 Å². The van der Waals surface area contributed by atoms with Crippen molar-refractivity contribution in [1.82, 2.24) is 9.80 Å². The molecule has 0 amide bonds. The summed E-state index contributed by atoms with van der Waals surface area (Å²) in [5.74, 6) is 0.919. The number of nitrogens with zero attached hydrogens (tertiary/aromatic N) is 2. The highest BCUT2D eigenvalue weighted by Gasteiger charge is 2.25. The van der Waals surface area contributed by atoms with E-state index < -0.39 is 0 Å². The van der Waals surface area contributed by atoms with Crippen LogP contribution in [0.2, 0.25) is 0 Å². The second kappa shape index (κ2) is 8.93. The Morgan fingerprint density at radius 1 is 1.16 bits per heavy atom. The molecule has 114 valence electrons. The Kier molecular flexibility index (Phi) is 7.96. The van der Waals surface area contributed by atoms with Gasteiger partial charge in [-0.2, -0.15) is 0 Å². The van der Waals surface area contributed by atoms with Gasteiger partial charge in [-0.25, -0.2) is 0 Å². The van der Waals surface area contributed by atoms with E-state index >= 15 is 0 Å². The van der Waals surface area contributed by atoms with E-state index in [0.717, 1.165) is 25.6 Å². The Bertz CT molecular complexity index is 224. The summed E-state index contributed by atoms with van der Waals surface area (Å²) in [5, 5.41) is 0. The van der Waals surface area contributed by atoms with Crippen molar-refractivity contribution >= 4 is 0 Å². The van der Waals surface area contributed by atoms with Gasteiger partial charge in [-0.1, -0.05) is 39.0 Å². The smallest absolute Gasteiger partial charge is 0.0224 e. The first-order valence-electron chi connectivity index (χ1n) is 8.19. The van der Waals surface area contributed by atoms with E-state index in [-0.39, 0.29) is 0 Å². The van der Waals surface area contributed by atoms with Gasteiger partial charge < -0.3 is 10.6 Å². The maximum atomic E-state index is 6.08. The molecule has 1 aliphatic carbocycles. The molecule has 2 atom stereocenters. The summed E-state index contributed by atoms with van der Waals surface area (Å²) in [6.07, 6.45) is 8.47. The Hall–Kier alpha value is -0.120. The molecule has 1 aliphatic rings. The van der Waals surface area contributed by atoms with E-state index in [0.29, 0.717) is 12.1 Å². The summed E-state index contributed by atoms with van der Waals surface area (Å²) in [7, 11) is 4.31. The van der Waals surface area contributed by atoms with Crippen molar-refractivity contribution in [3.05, 3.63) is 0 Å². The topological polar surface area (TPSA) is 32.5 Å². The second-order valence-electron chi connectivity index (χ2n) is 6.57. The normalized spacial score (nSPS) is 21.0. The second-order valence-corrected chi connectivity index (χ2v) is 6.57. The first-order valence-corrected chi connectivity index (χ1v) is 8.19. The predicted molar refractivity (Wildman–Crippen MR) is 84.4 cm³/mol. The van der Waals surface area contributed by atoms with E-state index in [1.54, 1.807) is 0 Å². The molecule has 0 aromatic heterocycles. The van der Waals surface area contributed by atoms with Gasteiger partial charge in [0, 0.05) is 25.2 Å². The highest BCUT2D eigenvalue weighted by Crippen LogP contribution is 2.28. The van der Waals surface area contributed by atoms with Crippen molar-refractivity contribution in [1.29, 1.82) is 0 Å². The van der Waals surface area contributed by atoms with Crippen molar-refractivity contribution in [2.75, 3.05) is 33.7 Å². The Labute approximate surface area is 120 Å². The van der Waals surface area contributed by atoms with Crippen LogP contribution in [0.5, 0.6) is 0 Å². The molecular formula is C16H35N3. The van der Waals surface area contributed by atoms with Gasteiger partial charge in [-0.3, -0.25) is 4.90 Å². The van der Waals surface area contributed by atoms with Crippen LogP contribution in [0.25, 0.3) is 0 Å². The largest absolute Gasteiger partial charge is 0.329 e. The van der Waals surface area contributed by atoms with E-state index in [1.807, 2.05) is 0 Å². The molecule has 0 heterocycles. The molecule has 1 saturated carbocycles. The molecule has 3 nitrogen and oxygen atoms in total. The molecule has 0 spiro atoms. The van der Waals surface area contributed by atoms with Crippen molar-refractivity contribution < 1.29 is 0 Å². The van der Waals surface area contributed by atoms with Crippen LogP contribution in [0.1, 0.15) is 52.4 Å². The van der Waals surface area contributed by atoms with Gasteiger partial charge in [-0.15, -0.1) is 0 Å².